The quantitative estimate of drug-likeness (QED) is 0.922. The molecule has 0 saturated carbocycles. The van der Waals surface area contributed by atoms with E-state index < -0.39 is 6.04 Å². The third-order valence-electron chi connectivity index (χ3n) is 3.22. The first-order chi connectivity index (χ1) is 9.08. The number of nitrogens with zero attached hydrogens (tertiary/aromatic N) is 1. The predicted molar refractivity (Wildman–Crippen MR) is 74.2 cm³/mol. The van der Waals surface area contributed by atoms with Gasteiger partial charge in [-0.25, -0.2) is 0 Å². The molecule has 1 fully saturated rings. The van der Waals surface area contributed by atoms with Crippen LogP contribution < -0.4 is 5.32 Å². The van der Waals surface area contributed by atoms with Crippen molar-refractivity contribution in [3.8, 4) is 0 Å². The summed E-state index contributed by atoms with van der Waals surface area (Å²) in [5, 5.41) is 3.22. The number of likely N-dealkylation sites (tertiary alicyclic amines) is 1. The Balaban J connectivity index is 1.96. The molecule has 2 rings (SSSR count). The van der Waals surface area contributed by atoms with Crippen molar-refractivity contribution in [1.29, 1.82) is 0 Å². The molecule has 1 atom stereocenters. The highest BCUT2D eigenvalue weighted by Crippen LogP contribution is 2.12. The average Bonchev–Trinajstić information content (AvgIpc) is 2.91. The molecular weight excluding hydrogens is 264 g/mol. The number of rotatable bonds is 3. The molecular formula is C14H17ClN2O2. The number of halogens is 1. The highest BCUT2D eigenvalue weighted by molar-refractivity contribution is 6.31. The number of amides is 2. The number of carbonyl (C=O) groups is 2. The average molecular weight is 281 g/mol. The van der Waals surface area contributed by atoms with Crippen molar-refractivity contribution in [2.75, 3.05) is 13.1 Å². The van der Waals surface area contributed by atoms with Gasteiger partial charge in [0.25, 0.3) is 5.91 Å². The fourth-order valence-corrected chi connectivity index (χ4v) is 2.37. The molecule has 19 heavy (non-hydrogen) atoms. The monoisotopic (exact) mass is 280 g/mol. The SMILES string of the molecule is C[C@H](NC(=O)c1cccc(Cl)c1)C(=O)N1CCCC1. The van der Waals surface area contributed by atoms with Crippen LogP contribution in [-0.4, -0.2) is 35.8 Å². The standard InChI is InChI=1S/C14H17ClN2O2/c1-10(14(19)17-7-2-3-8-17)16-13(18)11-5-4-6-12(15)9-11/h4-6,9-10H,2-3,7-8H2,1H3,(H,16,18)/t10-/m0/s1. The molecule has 1 aromatic carbocycles. The van der Waals surface area contributed by atoms with Crippen molar-refractivity contribution in [2.45, 2.75) is 25.8 Å². The summed E-state index contributed by atoms with van der Waals surface area (Å²) >= 11 is 5.84. The number of carbonyl (C=O) groups excluding carboxylic acids is 2. The predicted octanol–water partition coefficient (Wildman–Crippen LogP) is 2.08. The Kier molecular flexibility index (Phi) is 4.43. The van der Waals surface area contributed by atoms with Crippen LogP contribution in [-0.2, 0) is 4.79 Å². The second kappa shape index (κ2) is 6.06. The number of benzene rings is 1. The molecule has 1 aliphatic heterocycles. The van der Waals surface area contributed by atoms with Crippen LogP contribution in [0.15, 0.2) is 24.3 Å². The molecule has 1 heterocycles. The minimum absolute atomic E-state index is 0.0205. The molecule has 2 amide bonds. The first-order valence-corrected chi connectivity index (χ1v) is 6.81. The van der Waals surface area contributed by atoms with Crippen molar-refractivity contribution < 1.29 is 9.59 Å². The molecule has 0 unspecified atom stereocenters. The fraction of sp³-hybridized carbons (Fsp3) is 0.429. The zero-order chi connectivity index (χ0) is 13.8. The van der Waals surface area contributed by atoms with E-state index in [0.29, 0.717) is 10.6 Å². The first kappa shape index (κ1) is 13.9. The number of nitrogens with one attached hydrogen (secondary N) is 1. The summed E-state index contributed by atoms with van der Waals surface area (Å²) in [6.07, 6.45) is 2.08. The van der Waals surface area contributed by atoms with E-state index >= 15 is 0 Å². The van der Waals surface area contributed by atoms with E-state index in [9.17, 15) is 9.59 Å². The normalized spacial score (nSPS) is 16.2. The maximum Gasteiger partial charge on any atom is 0.251 e. The molecule has 1 saturated heterocycles. The molecule has 102 valence electrons. The van der Waals surface area contributed by atoms with Gasteiger partial charge in [-0.05, 0) is 38.0 Å². The lowest BCUT2D eigenvalue weighted by molar-refractivity contribution is -0.131. The van der Waals surface area contributed by atoms with E-state index in [-0.39, 0.29) is 11.8 Å². The zero-order valence-electron chi connectivity index (χ0n) is 10.9. The summed E-state index contributed by atoms with van der Waals surface area (Å²) in [5.74, 6) is -0.296. The molecule has 4 nitrogen and oxygen atoms in total. The molecule has 1 aromatic rings. The largest absolute Gasteiger partial charge is 0.341 e. The maximum absolute atomic E-state index is 12.1. The highest BCUT2D eigenvalue weighted by Gasteiger charge is 2.24. The van der Waals surface area contributed by atoms with Crippen LogP contribution in [0.3, 0.4) is 0 Å². The Bertz CT molecular complexity index is 484. The molecule has 0 aromatic heterocycles. The van der Waals surface area contributed by atoms with Crippen LogP contribution in [0.5, 0.6) is 0 Å². The Morgan fingerprint density at radius 1 is 1.32 bits per heavy atom. The lowest BCUT2D eigenvalue weighted by Gasteiger charge is -2.21. The van der Waals surface area contributed by atoms with E-state index in [4.69, 9.17) is 11.6 Å². The summed E-state index contributed by atoms with van der Waals surface area (Å²) in [4.78, 5) is 25.8. The maximum atomic E-state index is 12.1. The van der Waals surface area contributed by atoms with Crippen molar-refractivity contribution in [1.82, 2.24) is 10.2 Å². The van der Waals surface area contributed by atoms with Crippen molar-refractivity contribution >= 4 is 23.4 Å². The lowest BCUT2D eigenvalue weighted by Crippen LogP contribution is -2.45. The van der Waals surface area contributed by atoms with Gasteiger partial charge in [-0.2, -0.15) is 0 Å². The molecule has 1 aliphatic rings. The van der Waals surface area contributed by atoms with Gasteiger partial charge in [-0.3, -0.25) is 9.59 Å². The third-order valence-corrected chi connectivity index (χ3v) is 3.46. The van der Waals surface area contributed by atoms with Crippen molar-refractivity contribution in [3.63, 3.8) is 0 Å². The summed E-state index contributed by atoms with van der Waals surface area (Å²) in [6, 6.07) is 6.17. The van der Waals surface area contributed by atoms with Crippen molar-refractivity contribution in [2.24, 2.45) is 0 Å². The zero-order valence-corrected chi connectivity index (χ0v) is 11.6. The van der Waals surface area contributed by atoms with E-state index in [0.717, 1.165) is 25.9 Å². The Labute approximate surface area is 117 Å². The minimum atomic E-state index is -0.510. The molecule has 0 spiro atoms. The summed E-state index contributed by atoms with van der Waals surface area (Å²) in [6.45, 7) is 3.29. The van der Waals surface area contributed by atoms with Crippen LogP contribution >= 0.6 is 11.6 Å². The van der Waals surface area contributed by atoms with E-state index in [1.807, 2.05) is 0 Å². The van der Waals surface area contributed by atoms with Crippen LogP contribution in [0, 0.1) is 0 Å². The van der Waals surface area contributed by atoms with Gasteiger partial charge in [-0.1, -0.05) is 17.7 Å². The number of hydrogen-bond donors (Lipinski definition) is 1. The Morgan fingerprint density at radius 3 is 2.63 bits per heavy atom. The molecule has 0 aliphatic carbocycles. The Morgan fingerprint density at radius 2 is 2.00 bits per heavy atom. The van der Waals surface area contributed by atoms with Gasteiger partial charge in [0, 0.05) is 23.7 Å². The molecule has 1 N–H and O–H groups in total. The van der Waals surface area contributed by atoms with Crippen molar-refractivity contribution in [3.05, 3.63) is 34.9 Å². The summed E-state index contributed by atoms with van der Waals surface area (Å²) in [7, 11) is 0. The van der Waals surface area contributed by atoms with Gasteiger partial charge in [0.2, 0.25) is 5.91 Å². The third kappa shape index (κ3) is 3.47. The lowest BCUT2D eigenvalue weighted by atomic mass is 10.2. The second-order valence-electron chi connectivity index (χ2n) is 4.74. The second-order valence-corrected chi connectivity index (χ2v) is 5.17. The fourth-order valence-electron chi connectivity index (χ4n) is 2.18. The van der Waals surface area contributed by atoms with Crippen LogP contribution in [0.1, 0.15) is 30.1 Å². The van der Waals surface area contributed by atoms with Crippen LogP contribution in [0.2, 0.25) is 5.02 Å². The van der Waals surface area contributed by atoms with Gasteiger partial charge in [0.05, 0.1) is 0 Å². The van der Waals surface area contributed by atoms with Gasteiger partial charge < -0.3 is 10.2 Å². The van der Waals surface area contributed by atoms with Gasteiger partial charge in [0.15, 0.2) is 0 Å². The number of hydrogen-bond acceptors (Lipinski definition) is 2. The smallest absolute Gasteiger partial charge is 0.251 e. The van der Waals surface area contributed by atoms with Gasteiger partial charge in [0.1, 0.15) is 6.04 Å². The van der Waals surface area contributed by atoms with Gasteiger partial charge >= 0.3 is 0 Å². The van der Waals surface area contributed by atoms with Crippen LogP contribution in [0.25, 0.3) is 0 Å². The molecule has 5 heteroatoms. The van der Waals surface area contributed by atoms with E-state index in [2.05, 4.69) is 5.32 Å². The summed E-state index contributed by atoms with van der Waals surface area (Å²) < 4.78 is 0. The van der Waals surface area contributed by atoms with Crippen LogP contribution in [0.4, 0.5) is 0 Å². The summed E-state index contributed by atoms with van der Waals surface area (Å²) in [5.41, 5.74) is 0.466. The minimum Gasteiger partial charge on any atom is -0.341 e. The van der Waals surface area contributed by atoms with E-state index in [1.165, 1.54) is 0 Å². The highest BCUT2D eigenvalue weighted by atomic mass is 35.5. The topological polar surface area (TPSA) is 49.4 Å². The first-order valence-electron chi connectivity index (χ1n) is 6.43. The molecule has 0 radical (unpaired) electrons. The molecule has 0 bridgehead atoms. The van der Waals surface area contributed by atoms with Gasteiger partial charge in [-0.15, -0.1) is 0 Å². The Hall–Kier alpha value is -1.55. The van der Waals surface area contributed by atoms with E-state index in [1.54, 1.807) is 36.1 Å².